The molecule has 0 unspecified atom stereocenters. The molecule has 1 fully saturated rings. The molecule has 138 valence electrons. The number of carboxylic acids is 1. The first-order chi connectivity index (χ1) is 11.7. The third-order valence-electron chi connectivity index (χ3n) is 3.94. The second-order valence-corrected chi connectivity index (χ2v) is 7.36. The number of carboxylic acid groups (broad SMARTS) is 1. The molecule has 1 amide bonds. The molecule has 0 saturated carbocycles. The summed E-state index contributed by atoms with van der Waals surface area (Å²) in [6.45, 7) is 7.58. The second-order valence-electron chi connectivity index (χ2n) is 7.36. The van der Waals surface area contributed by atoms with Crippen LogP contribution in [0, 0.1) is 0 Å². The van der Waals surface area contributed by atoms with Gasteiger partial charge in [-0.05, 0) is 44.9 Å². The highest BCUT2D eigenvalue weighted by molar-refractivity contribution is 5.81. The molecule has 1 aliphatic rings. The number of aryl methyl sites for hydroxylation is 1. The summed E-state index contributed by atoms with van der Waals surface area (Å²) in [5.74, 6) is -0.365. The Morgan fingerprint density at radius 2 is 1.88 bits per heavy atom. The molecular formula is C19H27NO5. The standard InChI is InChI=1S/C19H27NO5/c1-5-6-13-7-9-14(10-8-13)24-15-11-16(17(21)22)20(12-15)18(23)25-19(2,3)4/h7-10,15-16H,5-6,11-12H2,1-4H3,(H,21,22)/t15-,16-/m0/s1. The van der Waals surface area contributed by atoms with Gasteiger partial charge in [0, 0.05) is 6.42 Å². The summed E-state index contributed by atoms with van der Waals surface area (Å²) >= 11 is 0. The first-order valence-electron chi connectivity index (χ1n) is 8.67. The fourth-order valence-electron chi connectivity index (χ4n) is 2.86. The lowest BCUT2D eigenvalue weighted by Gasteiger charge is -2.26. The molecule has 1 aliphatic heterocycles. The van der Waals surface area contributed by atoms with Gasteiger partial charge >= 0.3 is 12.1 Å². The Balaban J connectivity index is 2.03. The molecule has 2 rings (SSSR count). The molecular weight excluding hydrogens is 322 g/mol. The van der Waals surface area contributed by atoms with Crippen molar-refractivity contribution >= 4 is 12.1 Å². The largest absolute Gasteiger partial charge is 0.488 e. The van der Waals surface area contributed by atoms with Crippen LogP contribution in [0.25, 0.3) is 0 Å². The van der Waals surface area contributed by atoms with Crippen LogP contribution in [0.4, 0.5) is 4.79 Å². The van der Waals surface area contributed by atoms with Gasteiger partial charge < -0.3 is 14.6 Å². The van der Waals surface area contributed by atoms with Crippen molar-refractivity contribution in [1.29, 1.82) is 0 Å². The van der Waals surface area contributed by atoms with Crippen molar-refractivity contribution in [2.75, 3.05) is 6.54 Å². The number of nitrogens with zero attached hydrogens (tertiary/aromatic N) is 1. The van der Waals surface area contributed by atoms with Crippen molar-refractivity contribution in [2.45, 2.75) is 64.7 Å². The van der Waals surface area contributed by atoms with E-state index in [2.05, 4.69) is 6.92 Å². The summed E-state index contributed by atoms with van der Waals surface area (Å²) in [5.41, 5.74) is 0.564. The minimum Gasteiger partial charge on any atom is -0.488 e. The smallest absolute Gasteiger partial charge is 0.411 e. The number of amides is 1. The van der Waals surface area contributed by atoms with Crippen molar-refractivity contribution in [3.8, 4) is 5.75 Å². The monoisotopic (exact) mass is 349 g/mol. The van der Waals surface area contributed by atoms with Crippen LogP contribution in [0.2, 0.25) is 0 Å². The van der Waals surface area contributed by atoms with Gasteiger partial charge in [-0.3, -0.25) is 4.90 Å². The summed E-state index contributed by atoms with van der Waals surface area (Å²) in [6, 6.07) is 6.86. The van der Waals surface area contributed by atoms with Gasteiger partial charge in [-0.1, -0.05) is 25.5 Å². The molecule has 25 heavy (non-hydrogen) atoms. The van der Waals surface area contributed by atoms with Gasteiger partial charge in [0.25, 0.3) is 0 Å². The van der Waals surface area contributed by atoms with E-state index >= 15 is 0 Å². The summed E-state index contributed by atoms with van der Waals surface area (Å²) in [4.78, 5) is 25.0. The summed E-state index contributed by atoms with van der Waals surface area (Å²) in [5, 5.41) is 9.41. The third-order valence-corrected chi connectivity index (χ3v) is 3.94. The van der Waals surface area contributed by atoms with E-state index in [9.17, 15) is 14.7 Å². The minimum atomic E-state index is -1.05. The zero-order valence-corrected chi connectivity index (χ0v) is 15.3. The summed E-state index contributed by atoms with van der Waals surface area (Å²) in [7, 11) is 0. The maximum Gasteiger partial charge on any atom is 0.411 e. The molecule has 1 N–H and O–H groups in total. The lowest BCUT2D eigenvalue weighted by atomic mass is 10.1. The van der Waals surface area contributed by atoms with Gasteiger partial charge in [-0.15, -0.1) is 0 Å². The number of hydrogen-bond acceptors (Lipinski definition) is 4. The van der Waals surface area contributed by atoms with E-state index in [1.54, 1.807) is 20.8 Å². The number of aliphatic carboxylic acids is 1. The van der Waals surface area contributed by atoms with Crippen molar-refractivity contribution in [2.24, 2.45) is 0 Å². The highest BCUT2D eigenvalue weighted by Gasteiger charge is 2.42. The first-order valence-corrected chi connectivity index (χ1v) is 8.67. The molecule has 0 bridgehead atoms. The Morgan fingerprint density at radius 1 is 1.24 bits per heavy atom. The normalized spacial score (nSPS) is 20.4. The fourth-order valence-corrected chi connectivity index (χ4v) is 2.86. The minimum absolute atomic E-state index is 0.197. The van der Waals surface area contributed by atoms with E-state index in [0.29, 0.717) is 5.75 Å². The Labute approximate surface area is 148 Å². The lowest BCUT2D eigenvalue weighted by Crippen LogP contribution is -2.43. The number of ether oxygens (including phenoxy) is 2. The van der Waals surface area contributed by atoms with E-state index in [1.165, 1.54) is 10.5 Å². The van der Waals surface area contributed by atoms with Crippen LogP contribution >= 0.6 is 0 Å². The fraction of sp³-hybridized carbons (Fsp3) is 0.579. The maximum atomic E-state index is 12.3. The zero-order valence-electron chi connectivity index (χ0n) is 15.3. The van der Waals surface area contributed by atoms with E-state index in [1.807, 2.05) is 24.3 Å². The average Bonchev–Trinajstić information content (AvgIpc) is 2.92. The van der Waals surface area contributed by atoms with Crippen molar-refractivity contribution in [3.63, 3.8) is 0 Å². The van der Waals surface area contributed by atoms with E-state index in [0.717, 1.165) is 12.8 Å². The van der Waals surface area contributed by atoms with Crippen LogP contribution in [0.1, 0.15) is 46.1 Å². The maximum absolute atomic E-state index is 12.3. The van der Waals surface area contributed by atoms with Gasteiger partial charge in [0.1, 0.15) is 23.5 Å². The Kier molecular flexibility index (Phi) is 5.93. The quantitative estimate of drug-likeness (QED) is 0.881. The summed E-state index contributed by atoms with van der Waals surface area (Å²) in [6.07, 6.45) is 1.34. The van der Waals surface area contributed by atoms with Crippen LogP contribution in [0.15, 0.2) is 24.3 Å². The van der Waals surface area contributed by atoms with Crippen LogP contribution in [-0.4, -0.2) is 46.4 Å². The van der Waals surface area contributed by atoms with Crippen LogP contribution < -0.4 is 4.74 Å². The Bertz CT molecular complexity index is 605. The second kappa shape index (κ2) is 7.76. The average molecular weight is 349 g/mol. The topological polar surface area (TPSA) is 76.1 Å². The predicted molar refractivity (Wildman–Crippen MR) is 93.8 cm³/mol. The Hall–Kier alpha value is -2.24. The summed E-state index contributed by atoms with van der Waals surface area (Å²) < 4.78 is 11.2. The number of benzene rings is 1. The van der Waals surface area contributed by atoms with Crippen LogP contribution in [-0.2, 0) is 16.0 Å². The molecule has 2 atom stereocenters. The zero-order chi connectivity index (χ0) is 18.6. The van der Waals surface area contributed by atoms with Crippen molar-refractivity contribution in [3.05, 3.63) is 29.8 Å². The SMILES string of the molecule is CCCc1ccc(O[C@H]2C[C@@H](C(=O)O)N(C(=O)OC(C)(C)C)C2)cc1. The highest BCUT2D eigenvalue weighted by Crippen LogP contribution is 2.25. The molecule has 0 aliphatic carbocycles. The van der Waals surface area contributed by atoms with Gasteiger partial charge in [-0.2, -0.15) is 0 Å². The first kappa shape index (κ1) is 19.1. The molecule has 6 nitrogen and oxygen atoms in total. The van der Waals surface area contributed by atoms with Crippen LogP contribution in [0.3, 0.4) is 0 Å². The molecule has 1 aromatic carbocycles. The van der Waals surface area contributed by atoms with E-state index in [-0.39, 0.29) is 19.1 Å². The van der Waals surface area contributed by atoms with Gasteiger partial charge in [0.2, 0.25) is 0 Å². The van der Waals surface area contributed by atoms with E-state index in [4.69, 9.17) is 9.47 Å². The molecule has 0 aromatic heterocycles. The van der Waals surface area contributed by atoms with Gasteiger partial charge in [-0.25, -0.2) is 9.59 Å². The van der Waals surface area contributed by atoms with Crippen LogP contribution in [0.5, 0.6) is 5.75 Å². The molecule has 0 spiro atoms. The number of hydrogen-bond donors (Lipinski definition) is 1. The predicted octanol–water partition coefficient (Wildman–Crippen LogP) is 3.48. The number of carbonyl (C=O) groups is 2. The highest BCUT2D eigenvalue weighted by atomic mass is 16.6. The van der Waals surface area contributed by atoms with E-state index < -0.39 is 23.7 Å². The lowest BCUT2D eigenvalue weighted by molar-refractivity contribution is -0.142. The molecule has 1 saturated heterocycles. The molecule has 0 radical (unpaired) electrons. The van der Waals surface area contributed by atoms with Crippen molar-refractivity contribution < 1.29 is 24.2 Å². The van der Waals surface area contributed by atoms with Gasteiger partial charge in [0.15, 0.2) is 0 Å². The third kappa shape index (κ3) is 5.37. The number of rotatable bonds is 5. The van der Waals surface area contributed by atoms with Gasteiger partial charge in [0.05, 0.1) is 6.54 Å². The molecule has 1 aromatic rings. The molecule has 6 heteroatoms. The number of likely N-dealkylation sites (tertiary alicyclic amines) is 1. The van der Waals surface area contributed by atoms with Crippen molar-refractivity contribution in [1.82, 2.24) is 4.90 Å². The molecule has 1 heterocycles. The Morgan fingerprint density at radius 3 is 2.40 bits per heavy atom. The number of carbonyl (C=O) groups excluding carboxylic acids is 1.